The van der Waals surface area contributed by atoms with E-state index in [1.807, 2.05) is 13.0 Å². The molecule has 0 amide bonds. The normalized spacial score (nSPS) is 9.42. The third kappa shape index (κ3) is 1.62. The van der Waals surface area contributed by atoms with Crippen LogP contribution in [0.2, 0.25) is 0 Å². The summed E-state index contributed by atoms with van der Waals surface area (Å²) in [5.74, 6) is -0.359. The van der Waals surface area contributed by atoms with Crippen molar-refractivity contribution in [2.24, 2.45) is 0 Å². The number of rotatable bonds is 2. The highest BCUT2D eigenvalue weighted by atomic mass is 19.1. The van der Waals surface area contributed by atoms with E-state index in [9.17, 15) is 4.39 Å². The Kier molecular flexibility index (Phi) is 2.82. The molecule has 0 spiro atoms. The van der Waals surface area contributed by atoms with Gasteiger partial charge < -0.3 is 0 Å². The summed E-state index contributed by atoms with van der Waals surface area (Å²) in [4.78, 5) is 0. The molecule has 0 saturated heterocycles. The minimum Gasteiger partial charge on any atom is -0.205 e. The zero-order valence-electron chi connectivity index (χ0n) is 6.97. The van der Waals surface area contributed by atoms with E-state index in [2.05, 4.69) is 0 Å². The van der Waals surface area contributed by atoms with Crippen molar-refractivity contribution in [3.63, 3.8) is 0 Å². The fourth-order valence-electron chi connectivity index (χ4n) is 1.13. The standard InChI is InChI=1S/C10H10FN/c1-2-4-8-5-3-6-9(7-12)10(8)11/h3,5-6H,2,4H2,1H3. The van der Waals surface area contributed by atoms with Crippen LogP contribution in [-0.4, -0.2) is 0 Å². The van der Waals surface area contributed by atoms with Gasteiger partial charge in [-0.15, -0.1) is 0 Å². The van der Waals surface area contributed by atoms with E-state index >= 15 is 0 Å². The summed E-state index contributed by atoms with van der Waals surface area (Å²) in [5.41, 5.74) is 0.775. The molecule has 0 radical (unpaired) electrons. The van der Waals surface area contributed by atoms with Gasteiger partial charge in [0.05, 0.1) is 5.56 Å². The smallest absolute Gasteiger partial charge is 0.144 e. The quantitative estimate of drug-likeness (QED) is 0.657. The molecular weight excluding hydrogens is 153 g/mol. The van der Waals surface area contributed by atoms with Gasteiger partial charge in [0, 0.05) is 0 Å². The average molecular weight is 163 g/mol. The Bertz CT molecular complexity index is 312. The second kappa shape index (κ2) is 3.87. The molecule has 0 bridgehead atoms. The van der Waals surface area contributed by atoms with E-state index < -0.39 is 0 Å². The Morgan fingerprint density at radius 2 is 2.25 bits per heavy atom. The zero-order chi connectivity index (χ0) is 8.97. The van der Waals surface area contributed by atoms with Crippen LogP contribution >= 0.6 is 0 Å². The van der Waals surface area contributed by atoms with Crippen LogP contribution in [0.4, 0.5) is 4.39 Å². The first-order valence-electron chi connectivity index (χ1n) is 3.97. The molecule has 62 valence electrons. The van der Waals surface area contributed by atoms with Crippen molar-refractivity contribution in [3.05, 3.63) is 35.1 Å². The molecule has 0 atom stereocenters. The monoisotopic (exact) mass is 163 g/mol. The van der Waals surface area contributed by atoms with Crippen LogP contribution in [0.5, 0.6) is 0 Å². The van der Waals surface area contributed by atoms with Crippen LogP contribution < -0.4 is 0 Å². The minimum absolute atomic E-state index is 0.140. The first-order valence-corrected chi connectivity index (χ1v) is 3.97. The molecule has 0 aliphatic carbocycles. The molecule has 0 unspecified atom stereocenters. The molecule has 0 aliphatic heterocycles. The molecule has 1 aromatic rings. The van der Waals surface area contributed by atoms with Crippen LogP contribution in [0.1, 0.15) is 24.5 Å². The lowest BCUT2D eigenvalue weighted by molar-refractivity contribution is 0.603. The number of hydrogen-bond donors (Lipinski definition) is 0. The lowest BCUT2D eigenvalue weighted by Crippen LogP contribution is -1.92. The Balaban J connectivity index is 3.07. The van der Waals surface area contributed by atoms with Crippen LogP contribution in [0.25, 0.3) is 0 Å². The van der Waals surface area contributed by atoms with E-state index in [0.717, 1.165) is 6.42 Å². The highest BCUT2D eigenvalue weighted by Crippen LogP contribution is 2.13. The molecule has 1 rings (SSSR count). The minimum atomic E-state index is -0.359. The summed E-state index contributed by atoms with van der Waals surface area (Å²) in [5, 5.41) is 8.52. The topological polar surface area (TPSA) is 23.8 Å². The number of hydrogen-bond acceptors (Lipinski definition) is 1. The third-order valence-corrected chi connectivity index (χ3v) is 1.72. The van der Waals surface area contributed by atoms with Gasteiger partial charge in [-0.05, 0) is 18.1 Å². The van der Waals surface area contributed by atoms with Gasteiger partial charge in [-0.3, -0.25) is 0 Å². The van der Waals surface area contributed by atoms with Crippen molar-refractivity contribution >= 4 is 0 Å². The second-order valence-electron chi connectivity index (χ2n) is 2.64. The third-order valence-electron chi connectivity index (χ3n) is 1.72. The second-order valence-corrected chi connectivity index (χ2v) is 2.64. The number of halogens is 1. The SMILES string of the molecule is CCCc1cccc(C#N)c1F. The molecule has 0 N–H and O–H groups in total. The summed E-state index contributed by atoms with van der Waals surface area (Å²) in [7, 11) is 0. The van der Waals surface area contributed by atoms with E-state index in [1.165, 1.54) is 6.07 Å². The van der Waals surface area contributed by atoms with Crippen LogP contribution in [0.3, 0.4) is 0 Å². The zero-order valence-corrected chi connectivity index (χ0v) is 6.97. The fraction of sp³-hybridized carbons (Fsp3) is 0.300. The van der Waals surface area contributed by atoms with Gasteiger partial charge in [-0.2, -0.15) is 5.26 Å². The Labute approximate surface area is 71.4 Å². The summed E-state index contributed by atoms with van der Waals surface area (Å²) >= 11 is 0. The molecule has 0 saturated carbocycles. The van der Waals surface area contributed by atoms with Crippen LogP contribution in [0, 0.1) is 17.1 Å². The average Bonchev–Trinajstić information content (AvgIpc) is 2.09. The van der Waals surface area contributed by atoms with Crippen molar-refractivity contribution in [3.8, 4) is 6.07 Å². The van der Waals surface area contributed by atoms with Crippen LogP contribution in [0.15, 0.2) is 18.2 Å². The number of nitrogens with zero attached hydrogens (tertiary/aromatic N) is 1. The van der Waals surface area contributed by atoms with Crippen LogP contribution in [-0.2, 0) is 6.42 Å². The molecule has 12 heavy (non-hydrogen) atoms. The van der Waals surface area contributed by atoms with Crippen molar-refractivity contribution in [2.75, 3.05) is 0 Å². The molecule has 0 aromatic heterocycles. The maximum atomic E-state index is 13.2. The van der Waals surface area contributed by atoms with Crippen molar-refractivity contribution in [2.45, 2.75) is 19.8 Å². The molecule has 0 aliphatic rings. The Morgan fingerprint density at radius 1 is 1.50 bits per heavy atom. The largest absolute Gasteiger partial charge is 0.205 e. The summed E-state index contributed by atoms with van der Waals surface area (Å²) in [6, 6.07) is 6.75. The maximum absolute atomic E-state index is 13.2. The van der Waals surface area contributed by atoms with Crippen molar-refractivity contribution in [1.82, 2.24) is 0 Å². The van der Waals surface area contributed by atoms with Gasteiger partial charge in [-0.1, -0.05) is 25.5 Å². The maximum Gasteiger partial charge on any atom is 0.144 e. The van der Waals surface area contributed by atoms with Crippen molar-refractivity contribution in [1.29, 1.82) is 5.26 Å². The first kappa shape index (κ1) is 8.73. The molecule has 0 heterocycles. The predicted molar refractivity (Wildman–Crippen MR) is 45.1 cm³/mol. The lowest BCUT2D eigenvalue weighted by atomic mass is 10.1. The molecule has 0 fully saturated rings. The highest BCUT2D eigenvalue weighted by molar-refractivity contribution is 5.34. The summed E-state index contributed by atoms with van der Waals surface area (Å²) in [6.45, 7) is 1.98. The van der Waals surface area contributed by atoms with Gasteiger partial charge >= 0.3 is 0 Å². The number of nitriles is 1. The summed E-state index contributed by atoms with van der Waals surface area (Å²) in [6.07, 6.45) is 1.59. The molecule has 1 nitrogen and oxygen atoms in total. The van der Waals surface area contributed by atoms with E-state index in [-0.39, 0.29) is 11.4 Å². The molecular formula is C10H10FN. The first-order chi connectivity index (χ1) is 5.79. The van der Waals surface area contributed by atoms with Gasteiger partial charge in [0.15, 0.2) is 0 Å². The fourth-order valence-corrected chi connectivity index (χ4v) is 1.13. The summed E-state index contributed by atoms with van der Waals surface area (Å²) < 4.78 is 13.2. The van der Waals surface area contributed by atoms with Crippen molar-refractivity contribution < 1.29 is 4.39 Å². The number of aryl methyl sites for hydroxylation is 1. The van der Waals surface area contributed by atoms with Gasteiger partial charge in [0.2, 0.25) is 0 Å². The van der Waals surface area contributed by atoms with E-state index in [4.69, 9.17) is 5.26 Å². The predicted octanol–water partition coefficient (Wildman–Crippen LogP) is 2.65. The molecule has 2 heteroatoms. The van der Waals surface area contributed by atoms with E-state index in [1.54, 1.807) is 12.1 Å². The van der Waals surface area contributed by atoms with Gasteiger partial charge in [0.25, 0.3) is 0 Å². The van der Waals surface area contributed by atoms with Gasteiger partial charge in [-0.25, -0.2) is 4.39 Å². The Morgan fingerprint density at radius 3 is 2.83 bits per heavy atom. The Hall–Kier alpha value is -1.36. The molecule has 1 aromatic carbocycles. The highest BCUT2D eigenvalue weighted by Gasteiger charge is 2.05. The van der Waals surface area contributed by atoms with Gasteiger partial charge in [0.1, 0.15) is 11.9 Å². The number of benzene rings is 1. The van der Waals surface area contributed by atoms with E-state index in [0.29, 0.717) is 12.0 Å². The lowest BCUT2D eigenvalue weighted by Gasteiger charge is -2.00.